The van der Waals surface area contributed by atoms with Gasteiger partial charge in [0.05, 0.1) is 5.82 Å². The van der Waals surface area contributed by atoms with Crippen LogP contribution >= 0.6 is 0 Å². The van der Waals surface area contributed by atoms with Crippen LogP contribution in [-0.2, 0) is 0 Å². The molecule has 0 amide bonds. The molecule has 0 N–H and O–H groups in total. The van der Waals surface area contributed by atoms with Gasteiger partial charge in [0, 0.05) is 16.8 Å². The normalized spacial score (nSPS) is 11.5. The molecule has 4 nitrogen and oxygen atoms in total. The fourth-order valence-electron chi connectivity index (χ4n) is 1.56. The Balaban J connectivity index is 2.66. The van der Waals surface area contributed by atoms with Crippen molar-refractivity contribution in [1.29, 1.82) is 0 Å². The number of aromatic nitrogens is 4. The number of hydrogen-bond donors (Lipinski definition) is 0. The summed E-state index contributed by atoms with van der Waals surface area (Å²) in [6, 6.07) is 7.95. The molecule has 0 atom stereocenters. The number of imidazole rings is 1. The molecule has 0 aliphatic rings. The van der Waals surface area contributed by atoms with Crippen molar-refractivity contribution in [2.24, 2.45) is 0 Å². The number of hydrogen-bond acceptors (Lipinski definition) is 2. The van der Waals surface area contributed by atoms with Crippen LogP contribution in [0.25, 0.3) is 16.8 Å². The van der Waals surface area contributed by atoms with E-state index in [9.17, 15) is 0 Å². The Labute approximate surface area is 74.2 Å². The second kappa shape index (κ2) is 2.10. The second-order valence-electron chi connectivity index (χ2n) is 2.98. The van der Waals surface area contributed by atoms with Crippen molar-refractivity contribution in [3.8, 4) is 0 Å². The lowest BCUT2D eigenvalue weighted by Crippen LogP contribution is -1.83. The van der Waals surface area contributed by atoms with Crippen LogP contribution in [0.5, 0.6) is 0 Å². The first kappa shape index (κ1) is 6.65. The smallest absolute Gasteiger partial charge is 0.0626 e. The Morgan fingerprint density at radius 2 is 2.08 bits per heavy atom. The molecule has 64 valence electrons. The van der Waals surface area contributed by atoms with E-state index in [4.69, 9.17) is 0 Å². The van der Waals surface area contributed by atoms with Crippen molar-refractivity contribution in [3.63, 3.8) is 0 Å². The minimum Gasteiger partial charge on any atom is -0.357 e. The lowest BCUT2D eigenvalue weighted by Gasteiger charge is -1.96. The molecule has 0 radical (unpaired) electrons. The molecule has 3 rings (SSSR count). The Morgan fingerprint density at radius 3 is 3.00 bits per heavy atom. The molecule has 2 aromatic heterocycles. The Hall–Kier alpha value is -1.84. The summed E-state index contributed by atoms with van der Waals surface area (Å²) in [4.78, 5) is 4.33. The summed E-state index contributed by atoms with van der Waals surface area (Å²) in [6.45, 7) is 1.92. The average Bonchev–Trinajstić information content (AvgIpc) is 2.66. The molecule has 1 aromatic carbocycles. The van der Waals surface area contributed by atoms with Crippen molar-refractivity contribution in [3.05, 3.63) is 30.1 Å². The highest BCUT2D eigenvalue weighted by Crippen LogP contribution is 2.14. The first-order valence-corrected chi connectivity index (χ1v) is 4.09. The Morgan fingerprint density at radius 1 is 1.23 bits per heavy atom. The van der Waals surface area contributed by atoms with Crippen molar-refractivity contribution in [1.82, 2.24) is 19.6 Å². The van der Waals surface area contributed by atoms with Gasteiger partial charge in [-0.15, -0.1) is 0 Å². The van der Waals surface area contributed by atoms with E-state index in [0.717, 1.165) is 16.9 Å². The Kier molecular flexibility index (Phi) is 1.07. The quantitative estimate of drug-likeness (QED) is 0.509. The predicted octanol–water partition coefficient (Wildman–Crippen LogP) is 1.15. The van der Waals surface area contributed by atoms with E-state index >= 15 is 0 Å². The maximum Gasteiger partial charge on any atom is 0.0626 e. The summed E-state index contributed by atoms with van der Waals surface area (Å²) < 4.78 is 1.95. The van der Waals surface area contributed by atoms with Crippen LogP contribution in [-0.4, -0.2) is 14.6 Å². The fourth-order valence-corrected chi connectivity index (χ4v) is 1.56. The lowest BCUT2D eigenvalue weighted by molar-refractivity contribution is 1.02. The zero-order valence-electron chi connectivity index (χ0n) is 7.10. The van der Waals surface area contributed by atoms with Gasteiger partial charge in [-0.1, -0.05) is 24.3 Å². The molecule has 2 heterocycles. The van der Waals surface area contributed by atoms with Gasteiger partial charge in [-0.05, 0) is 6.92 Å². The van der Waals surface area contributed by atoms with Crippen LogP contribution < -0.4 is 4.98 Å². The van der Waals surface area contributed by atoms with Gasteiger partial charge >= 0.3 is 0 Å². The molecular formula is C9H7N4-. The highest BCUT2D eigenvalue weighted by molar-refractivity contribution is 5.79. The molecule has 0 spiro atoms. The van der Waals surface area contributed by atoms with Gasteiger partial charge in [0.1, 0.15) is 0 Å². The van der Waals surface area contributed by atoms with Gasteiger partial charge in [0.25, 0.3) is 0 Å². The highest BCUT2D eigenvalue weighted by Gasteiger charge is 1.97. The van der Waals surface area contributed by atoms with Crippen molar-refractivity contribution in [2.75, 3.05) is 0 Å². The van der Waals surface area contributed by atoms with Crippen LogP contribution in [0.2, 0.25) is 0 Å². The summed E-state index contributed by atoms with van der Waals surface area (Å²) in [5.41, 5.74) is 2.04. The average molecular weight is 171 g/mol. The molecule has 0 saturated carbocycles. The third-order valence-corrected chi connectivity index (χ3v) is 2.15. The maximum atomic E-state index is 4.33. The van der Waals surface area contributed by atoms with Crippen LogP contribution in [0.4, 0.5) is 0 Å². The maximum absolute atomic E-state index is 4.33. The highest BCUT2D eigenvalue weighted by atomic mass is 15.3. The number of rotatable bonds is 0. The Bertz CT molecular complexity index is 575. The van der Waals surface area contributed by atoms with Crippen molar-refractivity contribution < 1.29 is 0 Å². The first-order valence-electron chi connectivity index (χ1n) is 4.09. The van der Waals surface area contributed by atoms with E-state index in [2.05, 4.69) is 15.2 Å². The van der Waals surface area contributed by atoms with E-state index in [1.54, 1.807) is 0 Å². The van der Waals surface area contributed by atoms with E-state index in [-0.39, 0.29) is 0 Å². The molecule has 13 heavy (non-hydrogen) atoms. The summed E-state index contributed by atoms with van der Waals surface area (Å²) in [7, 11) is 0. The zero-order chi connectivity index (χ0) is 8.84. The molecule has 0 unspecified atom stereocenters. The fraction of sp³-hybridized carbons (Fsp3) is 0.111. The molecule has 0 saturated heterocycles. The van der Waals surface area contributed by atoms with E-state index in [0.29, 0.717) is 5.78 Å². The van der Waals surface area contributed by atoms with Gasteiger partial charge in [-0.3, -0.25) is 5.10 Å². The van der Waals surface area contributed by atoms with Gasteiger partial charge in [0.2, 0.25) is 0 Å². The number of para-hydroxylation sites is 2. The van der Waals surface area contributed by atoms with Crippen LogP contribution in [0, 0.1) is 6.92 Å². The van der Waals surface area contributed by atoms with Gasteiger partial charge in [0.15, 0.2) is 0 Å². The van der Waals surface area contributed by atoms with Crippen LogP contribution in [0.3, 0.4) is 0 Å². The van der Waals surface area contributed by atoms with E-state index in [1.807, 2.05) is 35.6 Å². The summed E-state index contributed by atoms with van der Waals surface area (Å²) >= 11 is 0. The van der Waals surface area contributed by atoms with Crippen molar-refractivity contribution >= 4 is 16.8 Å². The number of fused-ring (bicyclic) bond motifs is 3. The first-order chi connectivity index (χ1) is 6.36. The minimum absolute atomic E-state index is 0.679. The molecule has 0 aliphatic heterocycles. The third-order valence-electron chi connectivity index (χ3n) is 2.15. The number of aryl methyl sites for hydroxylation is 1. The standard InChI is InChI=1S/C9H7N4/c1-6-11-12-9-10-7-4-2-3-5-8(7)13(6)9/h2-5H,1H3/q-1. The number of nitrogens with zero attached hydrogens (tertiary/aromatic N) is 4. The summed E-state index contributed by atoms with van der Waals surface area (Å²) in [6.07, 6.45) is 0. The van der Waals surface area contributed by atoms with Crippen LogP contribution in [0.15, 0.2) is 24.3 Å². The van der Waals surface area contributed by atoms with E-state index < -0.39 is 0 Å². The predicted molar refractivity (Wildman–Crippen MR) is 48.6 cm³/mol. The molecule has 0 bridgehead atoms. The largest absolute Gasteiger partial charge is 0.357 e. The topological polar surface area (TPSA) is 44.3 Å². The third kappa shape index (κ3) is 0.744. The molecular weight excluding hydrogens is 164 g/mol. The summed E-state index contributed by atoms with van der Waals surface area (Å²) in [5.74, 6) is 1.56. The van der Waals surface area contributed by atoms with Gasteiger partial charge in [-0.25, -0.2) is 5.10 Å². The summed E-state index contributed by atoms with van der Waals surface area (Å²) in [5, 5.41) is 7.91. The molecule has 0 aliphatic carbocycles. The molecule has 0 fully saturated rings. The SMILES string of the molecule is Cc1nnc2[n-]c3ccccc3n12. The van der Waals surface area contributed by atoms with Crippen molar-refractivity contribution in [2.45, 2.75) is 6.92 Å². The molecule has 3 aromatic rings. The molecule has 4 heteroatoms. The zero-order valence-corrected chi connectivity index (χ0v) is 7.10. The van der Waals surface area contributed by atoms with Gasteiger partial charge < -0.3 is 9.38 Å². The number of benzene rings is 1. The second-order valence-corrected chi connectivity index (χ2v) is 2.98. The minimum atomic E-state index is 0.679. The van der Waals surface area contributed by atoms with E-state index in [1.165, 1.54) is 0 Å². The van der Waals surface area contributed by atoms with Crippen LogP contribution in [0.1, 0.15) is 5.82 Å². The lowest BCUT2D eigenvalue weighted by atomic mass is 10.3. The monoisotopic (exact) mass is 171 g/mol. The van der Waals surface area contributed by atoms with Gasteiger partial charge in [-0.2, -0.15) is 0 Å².